The summed E-state index contributed by atoms with van der Waals surface area (Å²) in [5.41, 5.74) is 4.57. The Kier molecular flexibility index (Phi) is 7.07. The Morgan fingerprint density at radius 1 is 1.03 bits per heavy atom. The van der Waals surface area contributed by atoms with Crippen molar-refractivity contribution >= 4 is 12.1 Å². The highest BCUT2D eigenvalue weighted by Crippen LogP contribution is 2.44. The molecule has 0 radical (unpaired) electrons. The van der Waals surface area contributed by atoms with Gasteiger partial charge >= 0.3 is 12.1 Å². The first-order valence-corrected chi connectivity index (χ1v) is 11.3. The average Bonchev–Trinajstić information content (AvgIpc) is 3.12. The van der Waals surface area contributed by atoms with E-state index in [2.05, 4.69) is 46.4 Å². The number of carboxylic acids is 1. The summed E-state index contributed by atoms with van der Waals surface area (Å²) in [4.78, 5) is 28.7. The van der Waals surface area contributed by atoms with Crippen LogP contribution in [0.1, 0.15) is 29.9 Å². The van der Waals surface area contributed by atoms with Crippen molar-refractivity contribution in [3.8, 4) is 11.1 Å². The van der Waals surface area contributed by atoms with Crippen LogP contribution in [0.5, 0.6) is 0 Å². The van der Waals surface area contributed by atoms with Crippen LogP contribution in [0.25, 0.3) is 11.1 Å². The van der Waals surface area contributed by atoms with Gasteiger partial charge in [-0.05, 0) is 48.7 Å². The Morgan fingerprint density at radius 3 is 2.22 bits per heavy atom. The number of hydrogen-bond acceptors (Lipinski definition) is 5. The number of nitrogens with zero attached hydrogens (tertiary/aromatic N) is 2. The summed E-state index contributed by atoms with van der Waals surface area (Å²) in [6.07, 6.45) is 0.412. The van der Waals surface area contributed by atoms with Gasteiger partial charge in [0.1, 0.15) is 12.6 Å². The lowest BCUT2D eigenvalue weighted by molar-refractivity contribution is -0.139. The van der Waals surface area contributed by atoms with E-state index in [9.17, 15) is 14.7 Å². The van der Waals surface area contributed by atoms with Gasteiger partial charge in [-0.25, -0.2) is 9.59 Å². The Bertz CT molecular complexity index is 910. The molecule has 0 saturated carbocycles. The second kappa shape index (κ2) is 10.1. The molecular formula is C25H31N3O4. The number of likely N-dealkylation sites (N-methyl/N-ethyl adjacent to an activating group) is 1. The van der Waals surface area contributed by atoms with Gasteiger partial charge in [-0.2, -0.15) is 0 Å². The minimum Gasteiger partial charge on any atom is -0.480 e. The van der Waals surface area contributed by atoms with Crippen LogP contribution in [0.15, 0.2) is 48.5 Å². The van der Waals surface area contributed by atoms with Crippen LogP contribution < -0.4 is 5.32 Å². The molecule has 1 aliphatic carbocycles. The summed E-state index contributed by atoms with van der Waals surface area (Å²) in [6, 6.07) is 15.3. The molecule has 0 bridgehead atoms. The van der Waals surface area contributed by atoms with Gasteiger partial charge in [0.2, 0.25) is 0 Å². The minimum absolute atomic E-state index is 0.0475. The molecule has 2 aromatic carbocycles. The summed E-state index contributed by atoms with van der Waals surface area (Å²) in [5, 5.41) is 12.1. The SMILES string of the molecule is CN1CCN(CCCC(NC(=O)OCC2c3ccccc3-c3ccccc32)C(=O)O)CC1. The van der Waals surface area contributed by atoms with E-state index in [0.29, 0.717) is 12.8 Å². The van der Waals surface area contributed by atoms with Gasteiger partial charge in [-0.15, -0.1) is 0 Å². The lowest BCUT2D eigenvalue weighted by atomic mass is 9.98. The third-order valence-corrected chi connectivity index (χ3v) is 6.50. The number of nitrogens with one attached hydrogen (secondary N) is 1. The summed E-state index contributed by atoms with van der Waals surface area (Å²) in [7, 11) is 2.11. The number of piperazine rings is 1. The van der Waals surface area contributed by atoms with Gasteiger partial charge in [0.05, 0.1) is 0 Å². The highest BCUT2D eigenvalue weighted by atomic mass is 16.5. The monoisotopic (exact) mass is 437 g/mol. The maximum atomic E-state index is 12.4. The first-order valence-electron chi connectivity index (χ1n) is 11.3. The second-order valence-electron chi connectivity index (χ2n) is 8.65. The molecule has 1 amide bonds. The fraction of sp³-hybridized carbons (Fsp3) is 0.440. The van der Waals surface area contributed by atoms with Crippen molar-refractivity contribution in [2.45, 2.75) is 24.8 Å². The summed E-state index contributed by atoms with van der Waals surface area (Å²) < 4.78 is 5.50. The third-order valence-electron chi connectivity index (χ3n) is 6.50. The Balaban J connectivity index is 1.29. The molecule has 1 aliphatic heterocycles. The van der Waals surface area contributed by atoms with Gasteiger partial charge in [0.25, 0.3) is 0 Å². The van der Waals surface area contributed by atoms with Crippen molar-refractivity contribution in [2.24, 2.45) is 0 Å². The third kappa shape index (κ3) is 5.11. The standard InChI is InChI=1S/C25H31N3O4/c1-27-13-15-28(16-14-27)12-6-11-23(24(29)30)26-25(31)32-17-22-20-9-4-2-7-18(20)19-8-3-5-10-21(19)22/h2-5,7-10,22-23H,6,11-17H2,1H3,(H,26,31)(H,29,30). The largest absolute Gasteiger partial charge is 0.480 e. The van der Waals surface area contributed by atoms with Gasteiger partial charge < -0.3 is 25.0 Å². The van der Waals surface area contributed by atoms with E-state index in [1.165, 1.54) is 0 Å². The molecule has 0 aromatic heterocycles. The summed E-state index contributed by atoms with van der Waals surface area (Å²) in [6.45, 7) is 5.06. The van der Waals surface area contributed by atoms with Crippen LogP contribution in [0.4, 0.5) is 4.79 Å². The zero-order chi connectivity index (χ0) is 22.5. The van der Waals surface area contributed by atoms with Crippen LogP contribution >= 0.6 is 0 Å². The molecule has 2 aliphatic rings. The molecule has 7 nitrogen and oxygen atoms in total. The smallest absolute Gasteiger partial charge is 0.407 e. The van der Waals surface area contributed by atoms with E-state index in [4.69, 9.17) is 4.74 Å². The molecule has 0 spiro atoms. The fourth-order valence-corrected chi connectivity index (χ4v) is 4.63. The second-order valence-corrected chi connectivity index (χ2v) is 8.65. The van der Waals surface area contributed by atoms with Crippen LogP contribution in [-0.2, 0) is 9.53 Å². The maximum absolute atomic E-state index is 12.4. The zero-order valence-electron chi connectivity index (χ0n) is 18.5. The zero-order valence-corrected chi connectivity index (χ0v) is 18.5. The first-order chi connectivity index (χ1) is 15.5. The Morgan fingerprint density at radius 2 is 1.62 bits per heavy atom. The number of fused-ring (bicyclic) bond motifs is 3. The van der Waals surface area contributed by atoms with Crippen LogP contribution in [0.3, 0.4) is 0 Å². The van der Waals surface area contributed by atoms with Crippen molar-refractivity contribution in [1.29, 1.82) is 0 Å². The predicted molar refractivity (Wildman–Crippen MR) is 123 cm³/mol. The van der Waals surface area contributed by atoms with E-state index >= 15 is 0 Å². The highest BCUT2D eigenvalue weighted by molar-refractivity contribution is 5.81. The molecule has 1 heterocycles. The molecule has 4 rings (SSSR count). The quantitative estimate of drug-likeness (QED) is 0.661. The van der Waals surface area contributed by atoms with E-state index in [-0.39, 0.29) is 12.5 Å². The molecule has 1 unspecified atom stereocenters. The summed E-state index contributed by atoms with van der Waals surface area (Å²) in [5.74, 6) is -1.08. The van der Waals surface area contributed by atoms with Gasteiger partial charge in [0, 0.05) is 32.1 Å². The Hall–Kier alpha value is -2.90. The molecule has 1 fully saturated rings. The molecule has 2 aromatic rings. The van der Waals surface area contributed by atoms with Crippen LogP contribution in [0.2, 0.25) is 0 Å². The van der Waals surface area contributed by atoms with E-state index in [0.717, 1.165) is 55.0 Å². The number of aliphatic carboxylic acids is 1. The summed E-state index contributed by atoms with van der Waals surface area (Å²) >= 11 is 0. The molecule has 170 valence electrons. The van der Waals surface area contributed by atoms with Crippen LogP contribution in [-0.4, -0.2) is 79.4 Å². The number of carbonyl (C=O) groups excluding carboxylic acids is 1. The average molecular weight is 438 g/mol. The maximum Gasteiger partial charge on any atom is 0.407 e. The van der Waals surface area contributed by atoms with E-state index < -0.39 is 18.1 Å². The fourth-order valence-electron chi connectivity index (χ4n) is 4.63. The lowest BCUT2D eigenvalue weighted by Crippen LogP contribution is -2.45. The molecule has 32 heavy (non-hydrogen) atoms. The molecule has 2 N–H and O–H groups in total. The molecule has 1 atom stereocenters. The van der Waals surface area contributed by atoms with Crippen molar-refractivity contribution in [2.75, 3.05) is 46.4 Å². The highest BCUT2D eigenvalue weighted by Gasteiger charge is 2.29. The number of carboxylic acid groups (broad SMARTS) is 1. The van der Waals surface area contributed by atoms with Crippen molar-refractivity contribution in [3.63, 3.8) is 0 Å². The van der Waals surface area contributed by atoms with Gasteiger partial charge in [0.15, 0.2) is 0 Å². The molecule has 7 heteroatoms. The minimum atomic E-state index is -1.03. The number of hydrogen-bond donors (Lipinski definition) is 2. The number of benzene rings is 2. The number of carbonyl (C=O) groups is 2. The number of amides is 1. The number of alkyl carbamates (subject to hydrolysis) is 1. The molecular weight excluding hydrogens is 406 g/mol. The van der Waals surface area contributed by atoms with Crippen LogP contribution in [0, 0.1) is 0 Å². The van der Waals surface area contributed by atoms with Gasteiger partial charge in [-0.1, -0.05) is 48.5 Å². The topological polar surface area (TPSA) is 82.1 Å². The lowest BCUT2D eigenvalue weighted by Gasteiger charge is -2.32. The van der Waals surface area contributed by atoms with Crippen molar-refractivity contribution in [3.05, 3.63) is 59.7 Å². The van der Waals surface area contributed by atoms with E-state index in [1.807, 2.05) is 24.3 Å². The number of ether oxygens (including phenoxy) is 1. The van der Waals surface area contributed by atoms with Gasteiger partial charge in [-0.3, -0.25) is 0 Å². The normalized spacial score (nSPS) is 17.4. The van der Waals surface area contributed by atoms with Crippen molar-refractivity contribution < 1.29 is 19.4 Å². The molecule has 1 saturated heterocycles. The predicted octanol–water partition coefficient (Wildman–Crippen LogP) is 3.01. The van der Waals surface area contributed by atoms with Crippen molar-refractivity contribution in [1.82, 2.24) is 15.1 Å². The van der Waals surface area contributed by atoms with E-state index in [1.54, 1.807) is 0 Å². The number of rotatable bonds is 8. The first kappa shape index (κ1) is 22.3. The Labute approximate surface area is 189 Å².